The van der Waals surface area contributed by atoms with E-state index in [0.29, 0.717) is 18.2 Å². The van der Waals surface area contributed by atoms with Gasteiger partial charge >= 0.3 is 0 Å². The zero-order valence-corrected chi connectivity index (χ0v) is 11.9. The molecule has 1 amide bonds. The molecule has 0 radical (unpaired) electrons. The molecule has 4 nitrogen and oxygen atoms in total. The van der Waals surface area contributed by atoms with Gasteiger partial charge in [-0.3, -0.25) is 9.78 Å². The lowest BCUT2D eigenvalue weighted by atomic mass is 10.2. The topological polar surface area (TPSA) is 45.2 Å². The largest absolute Gasteiger partial charge is 0.367 e. The predicted molar refractivity (Wildman–Crippen MR) is 83.4 cm³/mol. The van der Waals surface area contributed by atoms with Crippen LogP contribution < -0.4 is 10.2 Å². The molecule has 4 heteroatoms. The van der Waals surface area contributed by atoms with E-state index in [0.717, 1.165) is 13.0 Å². The highest BCUT2D eigenvalue weighted by molar-refractivity contribution is 5.93. The normalized spacial score (nSPS) is 17.7. The van der Waals surface area contributed by atoms with Gasteiger partial charge in [-0.15, -0.1) is 0 Å². The molecule has 0 bridgehead atoms. The average molecular weight is 281 g/mol. The zero-order chi connectivity index (χ0) is 14.5. The van der Waals surface area contributed by atoms with Crippen molar-refractivity contribution in [3.05, 3.63) is 60.4 Å². The number of nitrogens with zero attached hydrogens (tertiary/aromatic N) is 2. The molecular weight excluding hydrogens is 262 g/mol. The first-order valence-corrected chi connectivity index (χ1v) is 7.34. The first-order chi connectivity index (χ1) is 10.3. The standard InChI is InChI=1S/C17H19N3O/c21-17(14-6-4-10-18-12-14)19-13-16-9-5-11-20(16)15-7-2-1-3-8-15/h1-4,6-8,10,12,16H,5,9,11,13H2,(H,19,21)/t16-/m1/s1. The molecule has 0 saturated carbocycles. The summed E-state index contributed by atoms with van der Waals surface area (Å²) in [6, 6.07) is 14.3. The molecule has 0 aliphatic carbocycles. The Morgan fingerprint density at radius 3 is 2.86 bits per heavy atom. The van der Waals surface area contributed by atoms with Crippen molar-refractivity contribution in [2.75, 3.05) is 18.0 Å². The smallest absolute Gasteiger partial charge is 0.252 e. The van der Waals surface area contributed by atoms with Crippen molar-refractivity contribution in [1.29, 1.82) is 0 Å². The number of anilines is 1. The molecule has 2 heterocycles. The van der Waals surface area contributed by atoms with Gasteiger partial charge in [-0.25, -0.2) is 0 Å². The van der Waals surface area contributed by atoms with Crippen LogP contribution in [0.5, 0.6) is 0 Å². The Labute approximate surface area is 124 Å². The molecule has 1 fully saturated rings. The van der Waals surface area contributed by atoms with E-state index in [9.17, 15) is 4.79 Å². The van der Waals surface area contributed by atoms with Gasteiger partial charge < -0.3 is 10.2 Å². The molecule has 0 unspecified atom stereocenters. The van der Waals surface area contributed by atoms with Gasteiger partial charge in [0.25, 0.3) is 5.91 Å². The molecule has 1 aromatic carbocycles. The first-order valence-electron chi connectivity index (χ1n) is 7.34. The number of nitrogens with one attached hydrogen (secondary N) is 1. The number of para-hydroxylation sites is 1. The fourth-order valence-corrected chi connectivity index (χ4v) is 2.82. The lowest BCUT2D eigenvalue weighted by Gasteiger charge is -2.27. The summed E-state index contributed by atoms with van der Waals surface area (Å²) in [5.74, 6) is -0.0528. The van der Waals surface area contributed by atoms with Crippen molar-refractivity contribution in [1.82, 2.24) is 10.3 Å². The Morgan fingerprint density at radius 2 is 2.10 bits per heavy atom. The SMILES string of the molecule is O=C(NC[C@H]1CCCN1c1ccccc1)c1cccnc1. The maximum absolute atomic E-state index is 12.1. The van der Waals surface area contributed by atoms with Gasteiger partial charge in [0.2, 0.25) is 0 Å². The third-order valence-electron chi connectivity index (χ3n) is 3.89. The Morgan fingerprint density at radius 1 is 1.24 bits per heavy atom. The Bertz CT molecular complexity index is 585. The molecule has 1 aliphatic rings. The van der Waals surface area contributed by atoms with Gasteiger partial charge in [-0.2, -0.15) is 0 Å². The van der Waals surface area contributed by atoms with E-state index in [1.54, 1.807) is 24.5 Å². The number of hydrogen-bond donors (Lipinski definition) is 1. The summed E-state index contributed by atoms with van der Waals surface area (Å²) in [6.07, 6.45) is 5.55. The molecule has 108 valence electrons. The Hall–Kier alpha value is -2.36. The third kappa shape index (κ3) is 3.21. The van der Waals surface area contributed by atoms with E-state index < -0.39 is 0 Å². The summed E-state index contributed by atoms with van der Waals surface area (Å²) in [7, 11) is 0. The number of carbonyl (C=O) groups is 1. The summed E-state index contributed by atoms with van der Waals surface area (Å²) < 4.78 is 0. The lowest BCUT2D eigenvalue weighted by molar-refractivity contribution is 0.0951. The van der Waals surface area contributed by atoms with Crippen molar-refractivity contribution in [2.24, 2.45) is 0 Å². The molecule has 21 heavy (non-hydrogen) atoms. The second kappa shape index (κ2) is 6.39. The average Bonchev–Trinajstić information content (AvgIpc) is 3.03. The number of hydrogen-bond acceptors (Lipinski definition) is 3. The molecule has 3 rings (SSSR count). The van der Waals surface area contributed by atoms with Gasteiger partial charge in [0.1, 0.15) is 0 Å². The summed E-state index contributed by atoms with van der Waals surface area (Å²) in [5, 5.41) is 3.02. The van der Waals surface area contributed by atoms with Gasteiger partial charge in [-0.1, -0.05) is 18.2 Å². The summed E-state index contributed by atoms with van der Waals surface area (Å²) >= 11 is 0. The minimum absolute atomic E-state index is 0.0528. The van der Waals surface area contributed by atoms with Gasteiger partial charge in [0.15, 0.2) is 0 Å². The maximum Gasteiger partial charge on any atom is 0.252 e. The minimum Gasteiger partial charge on any atom is -0.367 e. The van der Waals surface area contributed by atoms with E-state index in [4.69, 9.17) is 0 Å². The van der Waals surface area contributed by atoms with E-state index in [1.165, 1.54) is 12.1 Å². The van der Waals surface area contributed by atoms with Gasteiger partial charge in [0, 0.05) is 37.2 Å². The van der Waals surface area contributed by atoms with Crippen molar-refractivity contribution < 1.29 is 4.79 Å². The number of amides is 1. The van der Waals surface area contributed by atoms with Crippen LogP contribution in [0.15, 0.2) is 54.9 Å². The molecule has 1 aromatic heterocycles. The van der Waals surface area contributed by atoms with Crippen LogP contribution in [0.2, 0.25) is 0 Å². The highest BCUT2D eigenvalue weighted by atomic mass is 16.1. The summed E-state index contributed by atoms with van der Waals surface area (Å²) in [6.45, 7) is 1.72. The first kappa shape index (κ1) is 13.6. The van der Waals surface area contributed by atoms with E-state index in [1.807, 2.05) is 6.07 Å². The molecule has 0 spiro atoms. The van der Waals surface area contributed by atoms with Crippen molar-refractivity contribution >= 4 is 11.6 Å². The number of rotatable bonds is 4. The lowest BCUT2D eigenvalue weighted by Crippen LogP contribution is -2.40. The second-order valence-electron chi connectivity index (χ2n) is 5.28. The Balaban J connectivity index is 1.61. The van der Waals surface area contributed by atoms with Crippen molar-refractivity contribution in [3.63, 3.8) is 0 Å². The fourth-order valence-electron chi connectivity index (χ4n) is 2.82. The van der Waals surface area contributed by atoms with Crippen LogP contribution in [-0.4, -0.2) is 30.0 Å². The third-order valence-corrected chi connectivity index (χ3v) is 3.89. The van der Waals surface area contributed by atoms with Crippen molar-refractivity contribution in [3.8, 4) is 0 Å². The maximum atomic E-state index is 12.1. The predicted octanol–water partition coefficient (Wildman–Crippen LogP) is 2.48. The number of pyridine rings is 1. The van der Waals surface area contributed by atoms with Crippen LogP contribution >= 0.6 is 0 Å². The molecular formula is C17H19N3O. The molecule has 1 N–H and O–H groups in total. The Kier molecular flexibility index (Phi) is 4.15. The fraction of sp³-hybridized carbons (Fsp3) is 0.294. The molecule has 1 aliphatic heterocycles. The number of carbonyl (C=O) groups excluding carboxylic acids is 1. The van der Waals surface area contributed by atoms with E-state index in [2.05, 4.69) is 39.5 Å². The summed E-state index contributed by atoms with van der Waals surface area (Å²) in [4.78, 5) is 18.4. The quantitative estimate of drug-likeness (QED) is 0.936. The van der Waals surface area contributed by atoms with Crippen LogP contribution in [-0.2, 0) is 0 Å². The highest BCUT2D eigenvalue weighted by Gasteiger charge is 2.25. The van der Waals surface area contributed by atoms with Crippen LogP contribution in [0.25, 0.3) is 0 Å². The van der Waals surface area contributed by atoms with Crippen LogP contribution in [0.3, 0.4) is 0 Å². The summed E-state index contributed by atoms with van der Waals surface area (Å²) in [5.41, 5.74) is 1.84. The second-order valence-corrected chi connectivity index (χ2v) is 5.28. The molecule has 1 saturated heterocycles. The van der Waals surface area contributed by atoms with Gasteiger partial charge in [0.05, 0.1) is 5.56 Å². The molecule has 1 atom stereocenters. The van der Waals surface area contributed by atoms with Crippen LogP contribution in [0.1, 0.15) is 23.2 Å². The minimum atomic E-state index is -0.0528. The number of aromatic nitrogens is 1. The highest BCUT2D eigenvalue weighted by Crippen LogP contribution is 2.24. The van der Waals surface area contributed by atoms with E-state index >= 15 is 0 Å². The monoisotopic (exact) mass is 281 g/mol. The van der Waals surface area contributed by atoms with Crippen LogP contribution in [0, 0.1) is 0 Å². The number of benzene rings is 1. The van der Waals surface area contributed by atoms with E-state index in [-0.39, 0.29) is 5.91 Å². The zero-order valence-electron chi connectivity index (χ0n) is 11.9. The van der Waals surface area contributed by atoms with Crippen molar-refractivity contribution in [2.45, 2.75) is 18.9 Å². The van der Waals surface area contributed by atoms with Gasteiger partial charge in [-0.05, 0) is 37.1 Å². The van der Waals surface area contributed by atoms with Crippen LogP contribution in [0.4, 0.5) is 5.69 Å². The molecule has 2 aromatic rings.